The van der Waals surface area contributed by atoms with E-state index in [-0.39, 0.29) is 28.9 Å². The Balaban J connectivity index is 0.00000280. The molecule has 3 unspecified atom stereocenters. The minimum absolute atomic E-state index is 0. The Morgan fingerprint density at radius 3 is 2.54 bits per heavy atom. The molecule has 8 heteroatoms. The standard InChI is InChI=1S/C20H30N4O3.ClH/c1-14-8-15(2)12-23(11-14)18-5-4-17(9-19(18)24(26)27)20(25)22-7-6-16(13-22)10-21-3;/h4-5,9,14-16,21H,6-8,10-13H2,1-3H3;1H. The van der Waals surface area contributed by atoms with Gasteiger partial charge in [-0.3, -0.25) is 14.9 Å². The molecule has 0 bridgehead atoms. The number of hydrogen-bond donors (Lipinski definition) is 1. The van der Waals surface area contributed by atoms with Crippen molar-refractivity contribution in [1.82, 2.24) is 10.2 Å². The van der Waals surface area contributed by atoms with E-state index in [4.69, 9.17) is 0 Å². The van der Waals surface area contributed by atoms with Crippen LogP contribution in [-0.2, 0) is 0 Å². The third-order valence-electron chi connectivity index (χ3n) is 5.69. The molecule has 2 saturated heterocycles. The number of nitro benzene ring substituents is 1. The van der Waals surface area contributed by atoms with Gasteiger partial charge in [0.05, 0.1) is 4.92 Å². The molecule has 1 aromatic carbocycles. The van der Waals surface area contributed by atoms with Crippen molar-refractivity contribution in [3.05, 3.63) is 33.9 Å². The van der Waals surface area contributed by atoms with Gasteiger partial charge in [0.15, 0.2) is 0 Å². The molecule has 3 atom stereocenters. The van der Waals surface area contributed by atoms with Gasteiger partial charge in [-0.05, 0) is 56.3 Å². The van der Waals surface area contributed by atoms with Gasteiger partial charge < -0.3 is 15.1 Å². The molecule has 156 valence electrons. The van der Waals surface area contributed by atoms with E-state index in [2.05, 4.69) is 24.1 Å². The van der Waals surface area contributed by atoms with E-state index in [1.165, 1.54) is 6.07 Å². The Hall–Kier alpha value is -1.86. The maximum absolute atomic E-state index is 12.8. The van der Waals surface area contributed by atoms with Crippen LogP contribution in [-0.4, -0.2) is 55.5 Å². The van der Waals surface area contributed by atoms with Crippen molar-refractivity contribution in [2.24, 2.45) is 17.8 Å². The van der Waals surface area contributed by atoms with Crippen LogP contribution in [0, 0.1) is 27.9 Å². The fourth-order valence-corrected chi connectivity index (χ4v) is 4.58. The van der Waals surface area contributed by atoms with E-state index in [1.807, 2.05) is 11.9 Å². The van der Waals surface area contributed by atoms with E-state index in [9.17, 15) is 14.9 Å². The first-order chi connectivity index (χ1) is 12.9. The van der Waals surface area contributed by atoms with Crippen LogP contribution in [0.1, 0.15) is 37.0 Å². The molecule has 0 aliphatic carbocycles. The normalized spacial score (nSPS) is 24.8. The first-order valence-electron chi connectivity index (χ1n) is 9.86. The minimum Gasteiger partial charge on any atom is -0.365 e. The van der Waals surface area contributed by atoms with Gasteiger partial charge in [-0.15, -0.1) is 12.4 Å². The smallest absolute Gasteiger partial charge is 0.293 e. The number of halogens is 1. The maximum atomic E-state index is 12.8. The molecule has 28 heavy (non-hydrogen) atoms. The lowest BCUT2D eigenvalue weighted by atomic mass is 9.91. The van der Waals surface area contributed by atoms with Gasteiger partial charge in [-0.25, -0.2) is 0 Å². The summed E-state index contributed by atoms with van der Waals surface area (Å²) in [5.74, 6) is 1.35. The first kappa shape index (κ1) is 22.4. The highest BCUT2D eigenvalue weighted by atomic mass is 35.5. The summed E-state index contributed by atoms with van der Waals surface area (Å²) in [7, 11) is 1.91. The number of nitrogens with one attached hydrogen (secondary N) is 1. The fourth-order valence-electron chi connectivity index (χ4n) is 4.58. The third-order valence-corrected chi connectivity index (χ3v) is 5.69. The number of rotatable bonds is 5. The summed E-state index contributed by atoms with van der Waals surface area (Å²) in [4.78, 5) is 28.1. The molecule has 1 N–H and O–H groups in total. The van der Waals surface area contributed by atoms with Crippen molar-refractivity contribution in [2.45, 2.75) is 26.7 Å². The average Bonchev–Trinajstić information content (AvgIpc) is 3.08. The Morgan fingerprint density at radius 1 is 1.25 bits per heavy atom. The Morgan fingerprint density at radius 2 is 1.93 bits per heavy atom. The van der Waals surface area contributed by atoms with E-state index in [1.54, 1.807) is 12.1 Å². The van der Waals surface area contributed by atoms with Gasteiger partial charge in [0.25, 0.3) is 11.6 Å². The van der Waals surface area contributed by atoms with Gasteiger partial charge in [-0.2, -0.15) is 0 Å². The molecule has 7 nitrogen and oxygen atoms in total. The molecule has 2 aliphatic rings. The summed E-state index contributed by atoms with van der Waals surface area (Å²) in [6.45, 7) is 8.29. The lowest BCUT2D eigenvalue weighted by Gasteiger charge is -2.36. The van der Waals surface area contributed by atoms with E-state index >= 15 is 0 Å². The topological polar surface area (TPSA) is 78.7 Å². The van der Waals surface area contributed by atoms with Gasteiger partial charge in [-0.1, -0.05) is 13.8 Å². The van der Waals surface area contributed by atoms with Crippen molar-refractivity contribution in [2.75, 3.05) is 44.7 Å². The van der Waals surface area contributed by atoms with Crippen molar-refractivity contribution >= 4 is 29.7 Å². The zero-order valence-corrected chi connectivity index (χ0v) is 17.7. The molecule has 3 rings (SSSR count). The number of anilines is 1. The van der Waals surface area contributed by atoms with Crippen LogP contribution >= 0.6 is 12.4 Å². The molecule has 1 aromatic rings. The quantitative estimate of drug-likeness (QED) is 0.595. The largest absolute Gasteiger partial charge is 0.365 e. The van der Waals surface area contributed by atoms with E-state index in [0.717, 1.165) is 32.5 Å². The van der Waals surface area contributed by atoms with Crippen LogP contribution in [0.15, 0.2) is 18.2 Å². The number of hydrogen-bond acceptors (Lipinski definition) is 5. The van der Waals surface area contributed by atoms with Gasteiger partial charge in [0.1, 0.15) is 5.69 Å². The number of amides is 1. The van der Waals surface area contributed by atoms with Crippen molar-refractivity contribution in [3.8, 4) is 0 Å². The Labute approximate surface area is 173 Å². The monoisotopic (exact) mass is 410 g/mol. The summed E-state index contributed by atoms with van der Waals surface area (Å²) in [6, 6.07) is 4.98. The summed E-state index contributed by atoms with van der Waals surface area (Å²) in [5, 5.41) is 14.9. The molecule has 2 heterocycles. The van der Waals surface area contributed by atoms with Gasteiger partial charge >= 0.3 is 0 Å². The summed E-state index contributed by atoms with van der Waals surface area (Å²) in [5.41, 5.74) is 1.08. The molecular formula is C20H31ClN4O3. The van der Waals surface area contributed by atoms with Crippen molar-refractivity contribution in [3.63, 3.8) is 0 Å². The van der Waals surface area contributed by atoms with Crippen molar-refractivity contribution < 1.29 is 9.72 Å². The Kier molecular flexibility index (Phi) is 7.66. The molecular weight excluding hydrogens is 380 g/mol. The van der Waals surface area contributed by atoms with Crippen LogP contribution in [0.4, 0.5) is 11.4 Å². The molecule has 0 radical (unpaired) electrons. The highest BCUT2D eigenvalue weighted by molar-refractivity contribution is 5.96. The summed E-state index contributed by atoms with van der Waals surface area (Å²) < 4.78 is 0. The van der Waals surface area contributed by atoms with Crippen LogP contribution in [0.5, 0.6) is 0 Å². The molecule has 0 aromatic heterocycles. The molecule has 1 amide bonds. The molecule has 2 aliphatic heterocycles. The lowest BCUT2D eigenvalue weighted by molar-refractivity contribution is -0.384. The third kappa shape index (κ3) is 4.94. The number of carbonyl (C=O) groups is 1. The van der Waals surface area contributed by atoms with Crippen LogP contribution in [0.25, 0.3) is 0 Å². The number of benzene rings is 1. The molecule has 2 fully saturated rings. The zero-order chi connectivity index (χ0) is 19.6. The number of piperidine rings is 1. The van der Waals surface area contributed by atoms with Crippen LogP contribution < -0.4 is 10.2 Å². The first-order valence-corrected chi connectivity index (χ1v) is 9.86. The lowest BCUT2D eigenvalue weighted by Crippen LogP contribution is -2.39. The Bertz CT molecular complexity index is 705. The van der Waals surface area contributed by atoms with Crippen molar-refractivity contribution in [1.29, 1.82) is 0 Å². The summed E-state index contributed by atoms with van der Waals surface area (Å²) in [6.07, 6.45) is 2.11. The second kappa shape index (κ2) is 9.56. The van der Waals surface area contributed by atoms with Gasteiger partial charge in [0, 0.05) is 37.8 Å². The second-order valence-electron chi connectivity index (χ2n) is 8.28. The predicted molar refractivity (Wildman–Crippen MR) is 113 cm³/mol. The van der Waals surface area contributed by atoms with Crippen LogP contribution in [0.3, 0.4) is 0 Å². The average molecular weight is 411 g/mol. The number of likely N-dealkylation sites (tertiary alicyclic amines) is 1. The molecule has 0 spiro atoms. The van der Waals surface area contributed by atoms with E-state index < -0.39 is 0 Å². The minimum atomic E-state index is -0.357. The predicted octanol–water partition coefficient (Wildman–Crippen LogP) is 3.18. The fraction of sp³-hybridized carbons (Fsp3) is 0.650. The number of carbonyl (C=O) groups excluding carboxylic acids is 1. The highest BCUT2D eigenvalue weighted by Crippen LogP contribution is 2.34. The zero-order valence-electron chi connectivity index (χ0n) is 16.9. The number of nitrogens with zero attached hydrogens (tertiary/aromatic N) is 3. The SMILES string of the molecule is CNCC1CCN(C(=O)c2ccc(N3CC(C)CC(C)C3)c([N+](=O)[O-])c2)C1.Cl. The number of nitro groups is 1. The van der Waals surface area contributed by atoms with Crippen LogP contribution in [0.2, 0.25) is 0 Å². The highest BCUT2D eigenvalue weighted by Gasteiger charge is 2.30. The van der Waals surface area contributed by atoms with E-state index in [0.29, 0.717) is 42.1 Å². The maximum Gasteiger partial charge on any atom is 0.293 e. The van der Waals surface area contributed by atoms with Gasteiger partial charge in [0.2, 0.25) is 0 Å². The summed E-state index contributed by atoms with van der Waals surface area (Å²) >= 11 is 0. The molecule has 0 saturated carbocycles. The second-order valence-corrected chi connectivity index (χ2v) is 8.28.